The second kappa shape index (κ2) is 2.61. The molecule has 1 heteroatoms. The van der Waals surface area contributed by atoms with Crippen molar-refractivity contribution in [2.75, 3.05) is 0 Å². The van der Waals surface area contributed by atoms with Gasteiger partial charge in [-0.25, -0.2) is 0 Å². The van der Waals surface area contributed by atoms with Crippen molar-refractivity contribution in [3.8, 4) is 0 Å². The molecule has 0 bridgehead atoms. The van der Waals surface area contributed by atoms with Crippen LogP contribution in [0.3, 0.4) is 0 Å². The lowest BCUT2D eigenvalue weighted by Crippen LogP contribution is -1.95. The maximum atomic E-state index is 2.31. The summed E-state index contributed by atoms with van der Waals surface area (Å²) in [5, 5.41) is 2.91. The minimum atomic E-state index is 0.675. The number of hydrogen-bond donors (Lipinski definition) is 0. The first-order valence-electron chi connectivity index (χ1n) is 3.21. The van der Waals surface area contributed by atoms with E-state index in [0.29, 0.717) is 5.25 Å². The van der Waals surface area contributed by atoms with Crippen LogP contribution in [0.2, 0.25) is 0 Å². The Morgan fingerprint density at radius 3 is 2.44 bits per heavy atom. The summed E-state index contributed by atoms with van der Waals surface area (Å²) in [5.41, 5.74) is 2.85. The van der Waals surface area contributed by atoms with Crippen molar-refractivity contribution < 1.29 is 0 Å². The largest absolute Gasteiger partial charge is 0.127 e. The minimum Gasteiger partial charge on any atom is -0.127 e. The van der Waals surface area contributed by atoms with E-state index in [9.17, 15) is 0 Å². The predicted molar refractivity (Wildman–Crippen MR) is 44.6 cm³/mol. The average molecular weight is 140 g/mol. The number of thioether (sulfide) groups is 1. The van der Waals surface area contributed by atoms with Gasteiger partial charge in [0, 0.05) is 5.25 Å². The summed E-state index contributed by atoms with van der Waals surface area (Å²) in [7, 11) is 0. The molecule has 9 heavy (non-hydrogen) atoms. The SMILES string of the molecule is CC1=CSC(C)C=C1C. The maximum absolute atomic E-state index is 2.31. The second-order valence-corrected chi connectivity index (χ2v) is 3.74. The summed E-state index contributed by atoms with van der Waals surface area (Å²) in [6.07, 6.45) is 2.31. The van der Waals surface area contributed by atoms with E-state index in [0.717, 1.165) is 0 Å². The van der Waals surface area contributed by atoms with Crippen LogP contribution in [0.1, 0.15) is 20.8 Å². The Kier molecular flexibility index (Phi) is 2.01. The van der Waals surface area contributed by atoms with Gasteiger partial charge in [-0.2, -0.15) is 0 Å². The monoisotopic (exact) mass is 140 g/mol. The molecule has 0 aromatic carbocycles. The molecular weight excluding hydrogens is 128 g/mol. The van der Waals surface area contributed by atoms with E-state index < -0.39 is 0 Å². The third-order valence-corrected chi connectivity index (χ3v) is 2.62. The summed E-state index contributed by atoms with van der Waals surface area (Å²) >= 11 is 1.89. The van der Waals surface area contributed by atoms with Gasteiger partial charge in [-0.1, -0.05) is 11.6 Å². The summed E-state index contributed by atoms with van der Waals surface area (Å²) < 4.78 is 0. The second-order valence-electron chi connectivity index (χ2n) is 2.49. The fourth-order valence-electron chi connectivity index (χ4n) is 0.825. The third-order valence-electron chi connectivity index (χ3n) is 1.57. The Morgan fingerprint density at radius 2 is 2.00 bits per heavy atom. The van der Waals surface area contributed by atoms with Gasteiger partial charge in [-0.3, -0.25) is 0 Å². The van der Waals surface area contributed by atoms with Crippen molar-refractivity contribution in [1.29, 1.82) is 0 Å². The van der Waals surface area contributed by atoms with E-state index in [1.807, 2.05) is 11.8 Å². The first-order valence-corrected chi connectivity index (χ1v) is 4.15. The molecule has 0 nitrogen and oxygen atoms in total. The Bertz CT molecular complexity index is 165. The van der Waals surface area contributed by atoms with Crippen molar-refractivity contribution in [2.24, 2.45) is 0 Å². The molecule has 1 atom stereocenters. The zero-order chi connectivity index (χ0) is 6.85. The molecule has 0 aliphatic carbocycles. The van der Waals surface area contributed by atoms with E-state index in [-0.39, 0.29) is 0 Å². The van der Waals surface area contributed by atoms with Gasteiger partial charge < -0.3 is 0 Å². The molecule has 0 saturated carbocycles. The highest BCUT2D eigenvalue weighted by Crippen LogP contribution is 2.26. The van der Waals surface area contributed by atoms with Crippen molar-refractivity contribution in [2.45, 2.75) is 26.0 Å². The van der Waals surface area contributed by atoms with Crippen LogP contribution in [0.25, 0.3) is 0 Å². The molecule has 1 heterocycles. The van der Waals surface area contributed by atoms with Gasteiger partial charge in [0.1, 0.15) is 0 Å². The summed E-state index contributed by atoms with van der Waals surface area (Å²) in [4.78, 5) is 0. The zero-order valence-electron chi connectivity index (χ0n) is 6.14. The molecule has 1 aliphatic rings. The van der Waals surface area contributed by atoms with Crippen LogP contribution in [-0.4, -0.2) is 5.25 Å². The highest BCUT2D eigenvalue weighted by Gasteiger charge is 2.04. The van der Waals surface area contributed by atoms with Gasteiger partial charge in [0.2, 0.25) is 0 Å². The smallest absolute Gasteiger partial charge is 0.0245 e. The highest BCUT2D eigenvalue weighted by molar-refractivity contribution is 8.02. The molecule has 0 aromatic heterocycles. The van der Waals surface area contributed by atoms with Crippen LogP contribution in [0.15, 0.2) is 22.6 Å². The molecule has 0 amide bonds. The lowest BCUT2D eigenvalue weighted by Gasteiger charge is -2.12. The van der Waals surface area contributed by atoms with Crippen molar-refractivity contribution in [1.82, 2.24) is 0 Å². The van der Waals surface area contributed by atoms with Gasteiger partial charge in [0.05, 0.1) is 0 Å². The number of allylic oxidation sites excluding steroid dienone is 2. The van der Waals surface area contributed by atoms with E-state index in [1.165, 1.54) is 11.1 Å². The molecule has 0 saturated heterocycles. The van der Waals surface area contributed by atoms with E-state index >= 15 is 0 Å². The van der Waals surface area contributed by atoms with Gasteiger partial charge >= 0.3 is 0 Å². The molecule has 0 spiro atoms. The highest BCUT2D eigenvalue weighted by atomic mass is 32.2. The summed E-state index contributed by atoms with van der Waals surface area (Å²) in [6, 6.07) is 0. The topological polar surface area (TPSA) is 0 Å². The van der Waals surface area contributed by atoms with Crippen LogP contribution < -0.4 is 0 Å². The zero-order valence-corrected chi connectivity index (χ0v) is 6.96. The van der Waals surface area contributed by atoms with Crippen LogP contribution in [0.4, 0.5) is 0 Å². The maximum Gasteiger partial charge on any atom is 0.0245 e. The Hall–Kier alpha value is -0.170. The fraction of sp³-hybridized carbons (Fsp3) is 0.500. The normalized spacial score (nSPS) is 27.2. The van der Waals surface area contributed by atoms with Gasteiger partial charge in [0.25, 0.3) is 0 Å². The Labute approximate surface area is 61.0 Å². The van der Waals surface area contributed by atoms with E-state index in [4.69, 9.17) is 0 Å². The number of rotatable bonds is 0. The van der Waals surface area contributed by atoms with Crippen molar-refractivity contribution >= 4 is 11.8 Å². The molecule has 50 valence electrons. The standard InChI is InChI=1S/C8H12S/c1-6-4-8(3)9-5-7(6)2/h4-5,8H,1-3H3. The third kappa shape index (κ3) is 1.62. The predicted octanol–water partition coefficient (Wildman–Crippen LogP) is 2.97. The molecule has 0 aromatic rings. The van der Waals surface area contributed by atoms with Crippen molar-refractivity contribution in [3.05, 3.63) is 22.6 Å². The van der Waals surface area contributed by atoms with Gasteiger partial charge in [-0.05, 0) is 31.8 Å². The fourth-order valence-corrected chi connectivity index (χ4v) is 1.71. The molecule has 0 N–H and O–H groups in total. The average Bonchev–Trinajstić information content (AvgIpc) is 1.80. The quantitative estimate of drug-likeness (QED) is 0.498. The number of hydrogen-bond acceptors (Lipinski definition) is 1. The lowest BCUT2D eigenvalue weighted by atomic mass is 10.1. The van der Waals surface area contributed by atoms with Crippen LogP contribution in [0.5, 0.6) is 0 Å². The molecule has 0 radical (unpaired) electrons. The molecule has 1 rings (SSSR count). The van der Waals surface area contributed by atoms with Crippen LogP contribution >= 0.6 is 11.8 Å². The van der Waals surface area contributed by atoms with Gasteiger partial charge in [-0.15, -0.1) is 11.8 Å². The first-order chi connectivity index (χ1) is 4.20. The van der Waals surface area contributed by atoms with E-state index in [2.05, 4.69) is 32.3 Å². The van der Waals surface area contributed by atoms with Crippen molar-refractivity contribution in [3.63, 3.8) is 0 Å². The minimum absolute atomic E-state index is 0.675. The van der Waals surface area contributed by atoms with Gasteiger partial charge in [0.15, 0.2) is 0 Å². The molecule has 0 fully saturated rings. The van der Waals surface area contributed by atoms with Crippen LogP contribution in [-0.2, 0) is 0 Å². The summed E-state index contributed by atoms with van der Waals surface area (Å²) in [5.74, 6) is 0. The molecule has 1 aliphatic heterocycles. The lowest BCUT2D eigenvalue weighted by molar-refractivity contribution is 1.18. The van der Waals surface area contributed by atoms with E-state index in [1.54, 1.807) is 0 Å². The molecule has 1 unspecified atom stereocenters. The summed E-state index contributed by atoms with van der Waals surface area (Å²) in [6.45, 7) is 6.55. The van der Waals surface area contributed by atoms with Crippen LogP contribution in [0, 0.1) is 0 Å². The Morgan fingerprint density at radius 1 is 1.33 bits per heavy atom. The Balaban J connectivity index is 2.75. The molecular formula is C8H12S. The first kappa shape index (κ1) is 6.94.